The molecule has 0 aliphatic heterocycles. The Morgan fingerprint density at radius 2 is 1.96 bits per heavy atom. The first-order valence-electron chi connectivity index (χ1n) is 8.13. The first-order chi connectivity index (χ1) is 12.1. The summed E-state index contributed by atoms with van der Waals surface area (Å²) in [6.45, 7) is 4.38. The van der Waals surface area contributed by atoms with E-state index in [1.165, 1.54) is 0 Å². The van der Waals surface area contributed by atoms with E-state index in [-0.39, 0.29) is 12.0 Å². The number of carbonyl (C=O) groups is 1. The van der Waals surface area contributed by atoms with E-state index in [1.54, 1.807) is 29.7 Å². The van der Waals surface area contributed by atoms with Crippen LogP contribution in [0.25, 0.3) is 11.1 Å². The fourth-order valence-corrected chi connectivity index (χ4v) is 3.08. The number of hydrogen-bond donors (Lipinski definition) is 1. The molecule has 0 aliphatic carbocycles. The normalized spacial score (nSPS) is 10.7. The van der Waals surface area contributed by atoms with Crippen molar-refractivity contribution in [2.45, 2.75) is 26.5 Å². The number of nitrogens with one attached hydrogen (secondary N) is 1. The number of pyridine rings is 1. The average Bonchev–Trinajstić information content (AvgIpc) is 3.15. The predicted molar refractivity (Wildman–Crippen MR) is 101 cm³/mol. The molecule has 0 bridgehead atoms. The van der Waals surface area contributed by atoms with Crippen LogP contribution in [-0.2, 0) is 6.54 Å². The molecule has 1 amide bonds. The smallest absolute Gasteiger partial charge is 0.251 e. The standard InChI is InChI=1S/C20H20N2O2S/c1-14(2)24-19-5-3-16(4-6-19)20(23)22-11-15-9-18(12-21-10-15)17-7-8-25-13-17/h3-10,12-14H,11H2,1-2H3,(H,22,23). The van der Waals surface area contributed by atoms with Crippen molar-refractivity contribution in [3.63, 3.8) is 0 Å². The highest BCUT2D eigenvalue weighted by Gasteiger charge is 2.07. The molecule has 0 saturated heterocycles. The summed E-state index contributed by atoms with van der Waals surface area (Å²) >= 11 is 1.65. The zero-order chi connectivity index (χ0) is 17.6. The minimum atomic E-state index is -0.114. The van der Waals surface area contributed by atoms with E-state index in [4.69, 9.17) is 4.74 Å². The first-order valence-corrected chi connectivity index (χ1v) is 9.07. The lowest BCUT2D eigenvalue weighted by atomic mass is 10.1. The molecule has 1 aromatic carbocycles. The van der Waals surface area contributed by atoms with Gasteiger partial charge in [-0.25, -0.2) is 0 Å². The molecule has 1 N–H and O–H groups in total. The third kappa shape index (κ3) is 4.67. The van der Waals surface area contributed by atoms with E-state index < -0.39 is 0 Å². The number of nitrogens with zero attached hydrogens (tertiary/aromatic N) is 1. The van der Waals surface area contributed by atoms with Gasteiger partial charge >= 0.3 is 0 Å². The fourth-order valence-electron chi connectivity index (χ4n) is 2.41. The summed E-state index contributed by atoms with van der Waals surface area (Å²) in [6, 6.07) is 11.3. The molecule has 25 heavy (non-hydrogen) atoms. The van der Waals surface area contributed by atoms with Crippen LogP contribution in [0.2, 0.25) is 0 Å². The van der Waals surface area contributed by atoms with Gasteiger partial charge in [0.25, 0.3) is 5.91 Å². The van der Waals surface area contributed by atoms with Crippen molar-refractivity contribution in [3.8, 4) is 16.9 Å². The lowest BCUT2D eigenvalue weighted by Gasteiger charge is -2.10. The van der Waals surface area contributed by atoms with Gasteiger partial charge in [-0.2, -0.15) is 11.3 Å². The van der Waals surface area contributed by atoms with Crippen LogP contribution in [0.1, 0.15) is 29.8 Å². The second-order valence-corrected chi connectivity index (χ2v) is 6.75. The highest BCUT2D eigenvalue weighted by Crippen LogP contribution is 2.22. The quantitative estimate of drug-likeness (QED) is 0.709. The van der Waals surface area contributed by atoms with Crippen molar-refractivity contribution in [3.05, 3.63) is 70.7 Å². The SMILES string of the molecule is CC(C)Oc1ccc(C(=O)NCc2cncc(-c3ccsc3)c2)cc1. The van der Waals surface area contributed by atoms with Gasteiger partial charge < -0.3 is 10.1 Å². The lowest BCUT2D eigenvalue weighted by molar-refractivity contribution is 0.0951. The summed E-state index contributed by atoms with van der Waals surface area (Å²) in [5.41, 5.74) is 3.78. The van der Waals surface area contributed by atoms with Gasteiger partial charge in [-0.1, -0.05) is 0 Å². The molecule has 128 valence electrons. The van der Waals surface area contributed by atoms with Crippen molar-refractivity contribution < 1.29 is 9.53 Å². The molecule has 0 unspecified atom stereocenters. The van der Waals surface area contributed by atoms with Crippen LogP contribution in [0, 0.1) is 0 Å². The molecule has 2 aromatic heterocycles. The maximum absolute atomic E-state index is 12.3. The zero-order valence-corrected chi connectivity index (χ0v) is 15.0. The number of thiophene rings is 1. The summed E-state index contributed by atoms with van der Waals surface area (Å²) in [5, 5.41) is 7.05. The Morgan fingerprint density at radius 3 is 2.64 bits per heavy atom. The molecule has 3 aromatic rings. The van der Waals surface area contributed by atoms with E-state index >= 15 is 0 Å². The molecule has 2 heterocycles. The summed E-state index contributed by atoms with van der Waals surface area (Å²) in [7, 11) is 0. The van der Waals surface area contributed by atoms with Crippen LogP contribution in [0.15, 0.2) is 59.6 Å². The van der Waals surface area contributed by atoms with Crippen LogP contribution in [0.3, 0.4) is 0 Å². The Hall–Kier alpha value is -2.66. The molecule has 3 rings (SSSR count). The van der Waals surface area contributed by atoms with Crippen LogP contribution >= 0.6 is 11.3 Å². The van der Waals surface area contributed by atoms with Crippen molar-refractivity contribution in [1.29, 1.82) is 0 Å². The molecule has 5 heteroatoms. The molecule has 4 nitrogen and oxygen atoms in total. The minimum Gasteiger partial charge on any atom is -0.491 e. The van der Waals surface area contributed by atoms with Crippen LogP contribution in [0.4, 0.5) is 0 Å². The van der Waals surface area contributed by atoms with Crippen molar-refractivity contribution >= 4 is 17.2 Å². The Balaban J connectivity index is 1.61. The molecule has 0 atom stereocenters. The Kier molecular flexibility index (Phi) is 5.46. The first kappa shape index (κ1) is 17.2. The summed E-state index contributed by atoms with van der Waals surface area (Å²) < 4.78 is 5.59. The Morgan fingerprint density at radius 1 is 1.16 bits per heavy atom. The van der Waals surface area contributed by atoms with Crippen molar-refractivity contribution in [2.75, 3.05) is 0 Å². The van der Waals surface area contributed by atoms with Crippen LogP contribution in [0.5, 0.6) is 5.75 Å². The van der Waals surface area contributed by atoms with Gasteiger partial charge in [-0.15, -0.1) is 0 Å². The Labute approximate surface area is 151 Å². The lowest BCUT2D eigenvalue weighted by Crippen LogP contribution is -2.22. The summed E-state index contributed by atoms with van der Waals surface area (Å²) in [5.74, 6) is 0.649. The van der Waals surface area contributed by atoms with Gasteiger partial charge in [0.2, 0.25) is 0 Å². The van der Waals surface area contributed by atoms with E-state index in [0.29, 0.717) is 12.1 Å². The van der Waals surface area contributed by atoms with E-state index in [9.17, 15) is 4.79 Å². The van der Waals surface area contributed by atoms with E-state index in [1.807, 2.05) is 37.6 Å². The highest BCUT2D eigenvalue weighted by molar-refractivity contribution is 7.08. The van der Waals surface area contributed by atoms with E-state index in [0.717, 1.165) is 22.4 Å². The third-order valence-electron chi connectivity index (χ3n) is 3.59. The average molecular weight is 352 g/mol. The summed E-state index contributed by atoms with van der Waals surface area (Å²) in [4.78, 5) is 16.6. The van der Waals surface area contributed by atoms with Gasteiger partial charge in [0, 0.05) is 30.1 Å². The highest BCUT2D eigenvalue weighted by atomic mass is 32.1. The maximum atomic E-state index is 12.3. The maximum Gasteiger partial charge on any atom is 0.251 e. The topological polar surface area (TPSA) is 51.2 Å². The minimum absolute atomic E-state index is 0.114. The predicted octanol–water partition coefficient (Wildman–Crippen LogP) is 4.53. The third-order valence-corrected chi connectivity index (χ3v) is 4.27. The van der Waals surface area contributed by atoms with Crippen LogP contribution < -0.4 is 10.1 Å². The number of amides is 1. The molecular formula is C20H20N2O2S. The fraction of sp³-hybridized carbons (Fsp3) is 0.200. The Bertz CT molecular complexity index is 827. The van der Waals surface area contributed by atoms with Gasteiger partial charge in [-0.05, 0) is 72.1 Å². The second-order valence-electron chi connectivity index (χ2n) is 5.97. The number of ether oxygens (including phenoxy) is 1. The molecule has 0 fully saturated rings. The van der Waals surface area contributed by atoms with Gasteiger partial charge in [0.1, 0.15) is 5.75 Å². The number of hydrogen-bond acceptors (Lipinski definition) is 4. The zero-order valence-electron chi connectivity index (χ0n) is 14.2. The summed E-state index contributed by atoms with van der Waals surface area (Å²) in [6.07, 6.45) is 3.72. The molecule has 0 aliphatic rings. The molecule has 0 radical (unpaired) electrons. The van der Waals surface area contributed by atoms with Gasteiger partial charge in [0.05, 0.1) is 6.10 Å². The second kappa shape index (κ2) is 7.94. The number of benzene rings is 1. The molecule has 0 spiro atoms. The van der Waals surface area contributed by atoms with Crippen LogP contribution in [-0.4, -0.2) is 17.0 Å². The molecule has 0 saturated carbocycles. The largest absolute Gasteiger partial charge is 0.491 e. The van der Waals surface area contributed by atoms with Crippen molar-refractivity contribution in [2.24, 2.45) is 0 Å². The number of carbonyl (C=O) groups excluding carboxylic acids is 1. The number of rotatable bonds is 6. The van der Waals surface area contributed by atoms with Gasteiger partial charge in [-0.3, -0.25) is 9.78 Å². The number of aromatic nitrogens is 1. The van der Waals surface area contributed by atoms with Crippen molar-refractivity contribution in [1.82, 2.24) is 10.3 Å². The molecular weight excluding hydrogens is 332 g/mol. The van der Waals surface area contributed by atoms with E-state index in [2.05, 4.69) is 27.8 Å². The van der Waals surface area contributed by atoms with Gasteiger partial charge in [0.15, 0.2) is 0 Å². The monoisotopic (exact) mass is 352 g/mol.